The van der Waals surface area contributed by atoms with E-state index in [0.717, 1.165) is 56.2 Å². The van der Waals surface area contributed by atoms with Crippen LogP contribution in [0.3, 0.4) is 0 Å². The third kappa shape index (κ3) is 3.39. The lowest BCUT2D eigenvalue weighted by molar-refractivity contribution is 0.0442. The van der Waals surface area contributed by atoms with E-state index in [1.54, 1.807) is 7.11 Å². The standard InChI is InChI=1S/C19H24N4O3/c1-25-16-5-3-15(4-6-16)23-12-9-20-17(23)13-22-10-2-7-19(8-11-22)14-21-18(24)26-19/h3-6,9,12H,2,7-8,10-11,13-14H2,1H3,(H,21,24)/t19-/m0/s1. The molecule has 26 heavy (non-hydrogen) atoms. The smallest absolute Gasteiger partial charge is 0.407 e. The Balaban J connectivity index is 1.45. The maximum atomic E-state index is 11.4. The fourth-order valence-corrected chi connectivity index (χ4v) is 3.79. The average Bonchev–Trinajstić information content (AvgIpc) is 3.21. The normalized spacial score (nSPS) is 23.5. The van der Waals surface area contributed by atoms with E-state index in [1.807, 2.05) is 36.7 Å². The van der Waals surface area contributed by atoms with E-state index in [4.69, 9.17) is 9.47 Å². The number of nitrogens with one attached hydrogen (secondary N) is 1. The highest BCUT2D eigenvalue weighted by Gasteiger charge is 2.41. The molecular formula is C19H24N4O3. The Labute approximate surface area is 152 Å². The summed E-state index contributed by atoms with van der Waals surface area (Å²) in [5.74, 6) is 1.85. The summed E-state index contributed by atoms with van der Waals surface area (Å²) in [5, 5.41) is 2.80. The summed E-state index contributed by atoms with van der Waals surface area (Å²) in [6, 6.07) is 7.97. The summed E-state index contributed by atoms with van der Waals surface area (Å²) in [7, 11) is 1.67. The minimum absolute atomic E-state index is 0.284. The second-order valence-corrected chi connectivity index (χ2v) is 6.97. The van der Waals surface area contributed by atoms with Crippen LogP contribution in [0.25, 0.3) is 5.69 Å². The fraction of sp³-hybridized carbons (Fsp3) is 0.474. The van der Waals surface area contributed by atoms with Crippen molar-refractivity contribution >= 4 is 6.09 Å². The SMILES string of the molecule is COc1ccc(-n2ccnc2CN2CCC[C@]3(CC2)CNC(=O)O3)cc1. The van der Waals surface area contributed by atoms with Crippen molar-refractivity contribution in [2.45, 2.75) is 31.4 Å². The Hall–Kier alpha value is -2.54. The Morgan fingerprint density at radius 3 is 2.85 bits per heavy atom. The lowest BCUT2D eigenvalue weighted by Gasteiger charge is -2.25. The molecule has 7 heteroatoms. The van der Waals surface area contributed by atoms with Gasteiger partial charge in [0.2, 0.25) is 0 Å². The molecule has 1 atom stereocenters. The average molecular weight is 356 g/mol. The number of carbonyl (C=O) groups excluding carboxylic acids is 1. The van der Waals surface area contributed by atoms with Crippen LogP contribution in [0.1, 0.15) is 25.1 Å². The first kappa shape index (κ1) is 16.9. The molecule has 3 heterocycles. The second-order valence-electron chi connectivity index (χ2n) is 6.97. The molecule has 2 aliphatic heterocycles. The van der Waals surface area contributed by atoms with E-state index in [2.05, 4.69) is 19.8 Å². The van der Waals surface area contributed by atoms with Gasteiger partial charge in [-0.25, -0.2) is 9.78 Å². The van der Waals surface area contributed by atoms with Crippen molar-refractivity contribution < 1.29 is 14.3 Å². The highest BCUT2D eigenvalue weighted by atomic mass is 16.6. The van der Waals surface area contributed by atoms with Gasteiger partial charge in [0.15, 0.2) is 0 Å². The Morgan fingerprint density at radius 2 is 2.12 bits per heavy atom. The molecule has 7 nitrogen and oxygen atoms in total. The van der Waals surface area contributed by atoms with Crippen LogP contribution in [-0.4, -0.2) is 52.9 Å². The number of amides is 1. The number of aromatic nitrogens is 2. The highest BCUT2D eigenvalue weighted by Crippen LogP contribution is 2.29. The molecular weight excluding hydrogens is 332 g/mol. The van der Waals surface area contributed by atoms with Gasteiger partial charge in [-0.2, -0.15) is 0 Å². The molecule has 0 saturated carbocycles. The molecule has 1 aromatic heterocycles. The molecule has 2 aliphatic rings. The number of likely N-dealkylation sites (tertiary alicyclic amines) is 1. The Morgan fingerprint density at radius 1 is 1.27 bits per heavy atom. The number of rotatable bonds is 4. The van der Waals surface area contributed by atoms with Gasteiger partial charge >= 0.3 is 6.09 Å². The van der Waals surface area contributed by atoms with Crippen LogP contribution in [0.15, 0.2) is 36.7 Å². The van der Waals surface area contributed by atoms with E-state index < -0.39 is 0 Å². The van der Waals surface area contributed by atoms with Gasteiger partial charge in [-0.15, -0.1) is 0 Å². The molecule has 0 aliphatic carbocycles. The number of carbonyl (C=O) groups is 1. The number of hydrogen-bond acceptors (Lipinski definition) is 5. The molecule has 4 rings (SSSR count). The van der Waals surface area contributed by atoms with Crippen molar-refractivity contribution in [3.05, 3.63) is 42.5 Å². The minimum Gasteiger partial charge on any atom is -0.497 e. The van der Waals surface area contributed by atoms with Crippen molar-refractivity contribution in [1.29, 1.82) is 0 Å². The highest BCUT2D eigenvalue weighted by molar-refractivity contribution is 5.70. The number of benzene rings is 1. The lowest BCUT2D eigenvalue weighted by atomic mass is 9.95. The number of hydrogen-bond donors (Lipinski definition) is 1. The maximum Gasteiger partial charge on any atom is 0.407 e. The molecule has 1 N–H and O–H groups in total. The van der Waals surface area contributed by atoms with Gasteiger partial charge in [-0.3, -0.25) is 4.90 Å². The van der Waals surface area contributed by atoms with E-state index >= 15 is 0 Å². The molecule has 0 bridgehead atoms. The predicted octanol–water partition coefficient (Wildman–Crippen LogP) is 2.35. The minimum atomic E-state index is -0.322. The molecule has 2 aromatic rings. The van der Waals surface area contributed by atoms with Gasteiger partial charge in [0, 0.05) is 31.0 Å². The van der Waals surface area contributed by atoms with Gasteiger partial charge in [0.1, 0.15) is 17.2 Å². The third-order valence-electron chi connectivity index (χ3n) is 5.29. The van der Waals surface area contributed by atoms with E-state index in [1.165, 1.54) is 0 Å². The zero-order valence-electron chi connectivity index (χ0n) is 15.0. The molecule has 138 valence electrons. The number of imidazole rings is 1. The van der Waals surface area contributed by atoms with Crippen LogP contribution in [-0.2, 0) is 11.3 Å². The number of alkyl carbamates (subject to hydrolysis) is 1. The molecule has 1 amide bonds. The molecule has 0 unspecified atom stereocenters. The number of nitrogens with zero attached hydrogens (tertiary/aromatic N) is 3. The third-order valence-corrected chi connectivity index (χ3v) is 5.29. The van der Waals surface area contributed by atoms with Crippen molar-refractivity contribution in [3.8, 4) is 11.4 Å². The van der Waals surface area contributed by atoms with E-state index in [-0.39, 0.29) is 11.7 Å². The van der Waals surface area contributed by atoms with Crippen molar-refractivity contribution in [1.82, 2.24) is 19.8 Å². The summed E-state index contributed by atoms with van der Waals surface area (Å²) < 4.78 is 12.9. The summed E-state index contributed by atoms with van der Waals surface area (Å²) >= 11 is 0. The first-order chi connectivity index (χ1) is 12.7. The van der Waals surface area contributed by atoms with Crippen molar-refractivity contribution in [2.75, 3.05) is 26.7 Å². The molecule has 1 spiro atoms. The van der Waals surface area contributed by atoms with Gasteiger partial charge < -0.3 is 19.4 Å². The maximum absolute atomic E-state index is 11.4. The van der Waals surface area contributed by atoms with Gasteiger partial charge in [0.25, 0.3) is 0 Å². The van der Waals surface area contributed by atoms with Crippen LogP contribution in [0.2, 0.25) is 0 Å². The summed E-state index contributed by atoms with van der Waals surface area (Å²) in [6.45, 7) is 3.27. The molecule has 1 aromatic carbocycles. The largest absolute Gasteiger partial charge is 0.497 e. The predicted molar refractivity (Wildman–Crippen MR) is 96.5 cm³/mol. The Bertz CT molecular complexity index is 773. The monoisotopic (exact) mass is 356 g/mol. The number of ether oxygens (including phenoxy) is 2. The quantitative estimate of drug-likeness (QED) is 0.911. The second kappa shape index (κ2) is 6.99. The Kier molecular flexibility index (Phi) is 4.55. The van der Waals surface area contributed by atoms with Crippen molar-refractivity contribution in [3.63, 3.8) is 0 Å². The van der Waals surface area contributed by atoms with Gasteiger partial charge in [-0.05, 0) is 43.7 Å². The zero-order valence-corrected chi connectivity index (χ0v) is 15.0. The number of methoxy groups -OCH3 is 1. The van der Waals surface area contributed by atoms with Crippen LogP contribution in [0.5, 0.6) is 5.75 Å². The molecule has 0 radical (unpaired) electrons. The molecule has 2 saturated heterocycles. The van der Waals surface area contributed by atoms with Crippen LogP contribution in [0.4, 0.5) is 4.79 Å². The van der Waals surface area contributed by atoms with Gasteiger partial charge in [0.05, 0.1) is 20.2 Å². The summed E-state index contributed by atoms with van der Waals surface area (Å²) in [6.07, 6.45) is 6.32. The topological polar surface area (TPSA) is 68.6 Å². The van der Waals surface area contributed by atoms with Crippen LogP contribution >= 0.6 is 0 Å². The van der Waals surface area contributed by atoms with Gasteiger partial charge in [-0.1, -0.05) is 0 Å². The fourth-order valence-electron chi connectivity index (χ4n) is 3.79. The summed E-state index contributed by atoms with van der Waals surface area (Å²) in [4.78, 5) is 18.4. The zero-order chi connectivity index (χ0) is 18.0. The first-order valence-corrected chi connectivity index (χ1v) is 9.03. The summed E-state index contributed by atoms with van der Waals surface area (Å²) in [5.41, 5.74) is 0.746. The van der Waals surface area contributed by atoms with Crippen LogP contribution in [0, 0.1) is 0 Å². The first-order valence-electron chi connectivity index (χ1n) is 9.03. The lowest BCUT2D eigenvalue weighted by Crippen LogP contribution is -2.35. The van der Waals surface area contributed by atoms with Crippen molar-refractivity contribution in [2.24, 2.45) is 0 Å². The van der Waals surface area contributed by atoms with E-state index in [0.29, 0.717) is 6.54 Å². The molecule has 2 fully saturated rings. The van der Waals surface area contributed by atoms with E-state index in [9.17, 15) is 4.79 Å². The van der Waals surface area contributed by atoms with Crippen LogP contribution < -0.4 is 10.1 Å².